The van der Waals surface area contributed by atoms with Gasteiger partial charge in [0.2, 0.25) is 5.91 Å². The maximum atomic E-state index is 12.4. The minimum absolute atomic E-state index is 0.131. The second-order valence-corrected chi connectivity index (χ2v) is 6.88. The Kier molecular flexibility index (Phi) is 6.54. The number of thioether (sulfide) groups is 1. The van der Waals surface area contributed by atoms with Gasteiger partial charge in [0.05, 0.1) is 18.0 Å². The van der Waals surface area contributed by atoms with Crippen molar-refractivity contribution >= 4 is 29.0 Å². The summed E-state index contributed by atoms with van der Waals surface area (Å²) in [5.41, 5.74) is 8.10. The van der Waals surface area contributed by atoms with Crippen LogP contribution in [0.2, 0.25) is 0 Å². The molecule has 1 heterocycles. The predicted octanol–water partition coefficient (Wildman–Crippen LogP) is 3.68. The third-order valence-corrected chi connectivity index (χ3v) is 4.94. The summed E-state index contributed by atoms with van der Waals surface area (Å²) < 4.78 is 7.51. The lowest BCUT2D eigenvalue weighted by molar-refractivity contribution is -0.113. The molecule has 0 saturated heterocycles. The number of nitrogens with zero attached hydrogens (tertiary/aromatic N) is 3. The molecule has 0 fully saturated rings. The molecule has 2 aromatic carbocycles. The first-order valence-electron chi connectivity index (χ1n) is 9.06. The quantitative estimate of drug-likeness (QED) is 0.445. The Balaban J connectivity index is 1.69. The van der Waals surface area contributed by atoms with Crippen LogP contribution in [-0.4, -0.2) is 33.0 Å². The monoisotopic (exact) mass is 397 g/mol. The molecule has 28 heavy (non-hydrogen) atoms. The summed E-state index contributed by atoms with van der Waals surface area (Å²) in [6.07, 6.45) is 0. The minimum atomic E-state index is -0.131. The van der Waals surface area contributed by atoms with Gasteiger partial charge in [0.25, 0.3) is 0 Å². The van der Waals surface area contributed by atoms with E-state index < -0.39 is 0 Å². The number of nitrogens with one attached hydrogen (secondary N) is 1. The zero-order valence-corrected chi connectivity index (χ0v) is 16.7. The minimum Gasteiger partial charge on any atom is -0.492 e. The second-order valence-electron chi connectivity index (χ2n) is 5.94. The largest absolute Gasteiger partial charge is 0.492 e. The van der Waals surface area contributed by atoms with E-state index in [9.17, 15) is 4.79 Å². The van der Waals surface area contributed by atoms with Gasteiger partial charge in [-0.25, -0.2) is 0 Å². The number of rotatable bonds is 8. The first-order chi connectivity index (χ1) is 13.6. The van der Waals surface area contributed by atoms with Crippen LogP contribution in [0, 0.1) is 0 Å². The smallest absolute Gasteiger partial charge is 0.234 e. The summed E-state index contributed by atoms with van der Waals surface area (Å²) in [7, 11) is 0. The summed E-state index contributed by atoms with van der Waals surface area (Å²) in [6, 6.07) is 14.9. The number of carbonyl (C=O) groups excluding carboxylic acids is 1. The zero-order chi connectivity index (χ0) is 19.9. The van der Waals surface area contributed by atoms with Gasteiger partial charge in [-0.3, -0.25) is 4.79 Å². The summed E-state index contributed by atoms with van der Waals surface area (Å²) in [4.78, 5) is 12.4. The van der Waals surface area contributed by atoms with Crippen LogP contribution in [0.25, 0.3) is 11.4 Å². The fraction of sp³-hybridized carbons (Fsp3) is 0.250. The Morgan fingerprint density at radius 3 is 2.75 bits per heavy atom. The molecule has 8 heteroatoms. The molecule has 1 aromatic heterocycles. The molecule has 3 rings (SSSR count). The number of nitrogens with two attached hydrogens (primary N) is 1. The van der Waals surface area contributed by atoms with E-state index in [2.05, 4.69) is 15.5 Å². The second kappa shape index (κ2) is 9.27. The summed E-state index contributed by atoms with van der Waals surface area (Å²) in [6.45, 7) is 5.15. The Labute approximate surface area is 168 Å². The van der Waals surface area contributed by atoms with Gasteiger partial charge in [0, 0.05) is 17.8 Å². The van der Waals surface area contributed by atoms with Gasteiger partial charge in [0.15, 0.2) is 11.0 Å². The first-order valence-corrected chi connectivity index (χ1v) is 10.0. The highest BCUT2D eigenvalue weighted by Gasteiger charge is 2.15. The van der Waals surface area contributed by atoms with Gasteiger partial charge in [-0.05, 0) is 38.1 Å². The van der Waals surface area contributed by atoms with E-state index >= 15 is 0 Å². The Morgan fingerprint density at radius 1 is 1.18 bits per heavy atom. The van der Waals surface area contributed by atoms with E-state index in [1.54, 1.807) is 0 Å². The van der Waals surface area contributed by atoms with Gasteiger partial charge in [-0.15, -0.1) is 10.2 Å². The van der Waals surface area contributed by atoms with Crippen LogP contribution in [0.4, 0.5) is 11.4 Å². The molecule has 0 aliphatic heterocycles. The van der Waals surface area contributed by atoms with Crippen molar-refractivity contribution in [3.05, 3.63) is 48.5 Å². The van der Waals surface area contributed by atoms with Crippen molar-refractivity contribution in [1.29, 1.82) is 0 Å². The molecule has 0 atom stereocenters. The zero-order valence-electron chi connectivity index (χ0n) is 15.9. The van der Waals surface area contributed by atoms with E-state index in [-0.39, 0.29) is 11.7 Å². The maximum absolute atomic E-state index is 12.4. The number of benzene rings is 2. The molecule has 0 radical (unpaired) electrons. The molecule has 0 aliphatic carbocycles. The molecule has 146 valence electrons. The number of nitrogen functional groups attached to an aromatic ring is 1. The summed E-state index contributed by atoms with van der Waals surface area (Å²) in [5, 5.41) is 12.1. The molecule has 0 spiro atoms. The lowest BCUT2D eigenvalue weighted by Crippen LogP contribution is -2.15. The van der Waals surface area contributed by atoms with Crippen molar-refractivity contribution in [2.24, 2.45) is 0 Å². The highest BCUT2D eigenvalue weighted by atomic mass is 32.2. The average Bonchev–Trinajstić information content (AvgIpc) is 3.11. The van der Waals surface area contributed by atoms with E-state index in [0.717, 1.165) is 11.4 Å². The lowest BCUT2D eigenvalue weighted by Gasteiger charge is -2.11. The summed E-state index contributed by atoms with van der Waals surface area (Å²) in [5.74, 6) is 1.48. The van der Waals surface area contributed by atoms with Crippen LogP contribution in [0.1, 0.15) is 13.8 Å². The van der Waals surface area contributed by atoms with Gasteiger partial charge in [0.1, 0.15) is 5.75 Å². The number of ether oxygens (including phenoxy) is 1. The van der Waals surface area contributed by atoms with Crippen LogP contribution in [0.3, 0.4) is 0 Å². The topological polar surface area (TPSA) is 95.1 Å². The average molecular weight is 398 g/mol. The fourth-order valence-electron chi connectivity index (χ4n) is 2.74. The molecule has 1 amide bonds. The molecule has 7 nitrogen and oxygen atoms in total. The standard InChI is InChI=1S/C20H23N5O2S/c1-3-25-19(14-8-7-9-15(21)12-14)23-24-20(25)28-13-18(26)22-16-10-5-6-11-17(16)27-4-2/h5-12H,3-4,13,21H2,1-2H3,(H,22,26). The maximum Gasteiger partial charge on any atom is 0.234 e. The summed E-state index contributed by atoms with van der Waals surface area (Å²) >= 11 is 1.34. The molecular weight excluding hydrogens is 374 g/mol. The third-order valence-electron chi connectivity index (χ3n) is 3.97. The van der Waals surface area contributed by atoms with Crippen LogP contribution < -0.4 is 15.8 Å². The van der Waals surface area contributed by atoms with Crippen LogP contribution in [-0.2, 0) is 11.3 Å². The molecular formula is C20H23N5O2S. The van der Waals surface area contributed by atoms with Crippen LogP contribution in [0.5, 0.6) is 5.75 Å². The predicted molar refractivity (Wildman–Crippen MR) is 113 cm³/mol. The van der Waals surface area contributed by atoms with Crippen molar-refractivity contribution in [2.75, 3.05) is 23.4 Å². The van der Waals surface area contributed by atoms with E-state index in [1.165, 1.54) is 11.8 Å². The first kappa shape index (κ1) is 19.8. The Bertz CT molecular complexity index is 957. The number of para-hydroxylation sites is 2. The number of amides is 1. The molecule has 0 saturated carbocycles. The van der Waals surface area contributed by atoms with E-state index in [1.807, 2.05) is 66.9 Å². The number of anilines is 2. The van der Waals surface area contributed by atoms with Gasteiger partial charge < -0.3 is 20.4 Å². The molecule has 0 bridgehead atoms. The van der Waals surface area contributed by atoms with E-state index in [0.29, 0.717) is 35.4 Å². The number of carbonyl (C=O) groups is 1. The number of hydrogen-bond donors (Lipinski definition) is 2. The van der Waals surface area contributed by atoms with Crippen LogP contribution >= 0.6 is 11.8 Å². The normalized spacial score (nSPS) is 10.6. The third kappa shape index (κ3) is 4.64. The van der Waals surface area contributed by atoms with Crippen molar-refractivity contribution in [1.82, 2.24) is 14.8 Å². The molecule has 0 aliphatic rings. The highest BCUT2D eigenvalue weighted by Crippen LogP contribution is 2.27. The van der Waals surface area contributed by atoms with Crippen molar-refractivity contribution in [3.63, 3.8) is 0 Å². The highest BCUT2D eigenvalue weighted by molar-refractivity contribution is 7.99. The SMILES string of the molecule is CCOc1ccccc1NC(=O)CSc1nnc(-c2cccc(N)c2)n1CC. The Hall–Kier alpha value is -3.00. The molecule has 0 unspecified atom stereocenters. The van der Waals surface area contributed by atoms with Gasteiger partial charge >= 0.3 is 0 Å². The molecule has 3 N–H and O–H groups in total. The number of hydrogen-bond acceptors (Lipinski definition) is 6. The van der Waals surface area contributed by atoms with Gasteiger partial charge in [-0.1, -0.05) is 36.0 Å². The van der Waals surface area contributed by atoms with Crippen molar-refractivity contribution in [3.8, 4) is 17.1 Å². The van der Waals surface area contributed by atoms with Crippen LogP contribution in [0.15, 0.2) is 53.7 Å². The fourth-order valence-corrected chi connectivity index (χ4v) is 3.54. The van der Waals surface area contributed by atoms with Crippen molar-refractivity contribution in [2.45, 2.75) is 25.5 Å². The van der Waals surface area contributed by atoms with Gasteiger partial charge in [-0.2, -0.15) is 0 Å². The molecule has 3 aromatic rings. The van der Waals surface area contributed by atoms with E-state index in [4.69, 9.17) is 10.5 Å². The lowest BCUT2D eigenvalue weighted by atomic mass is 10.2. The van der Waals surface area contributed by atoms with Crippen molar-refractivity contribution < 1.29 is 9.53 Å². The number of aromatic nitrogens is 3. The Morgan fingerprint density at radius 2 is 2.00 bits per heavy atom.